The van der Waals surface area contributed by atoms with Crippen molar-refractivity contribution in [1.82, 2.24) is 14.8 Å². The second kappa shape index (κ2) is 8.54. The van der Waals surface area contributed by atoms with Crippen LogP contribution in [0.4, 0.5) is 0 Å². The first-order valence-corrected chi connectivity index (χ1v) is 11.6. The van der Waals surface area contributed by atoms with E-state index in [1.165, 1.54) is 5.56 Å². The Morgan fingerprint density at radius 1 is 1.21 bits per heavy atom. The van der Waals surface area contributed by atoms with Gasteiger partial charge in [-0.15, -0.1) is 0 Å². The van der Waals surface area contributed by atoms with E-state index in [1.54, 1.807) is 0 Å². The molecule has 0 saturated carbocycles. The molecule has 2 aliphatic rings. The third-order valence-corrected chi connectivity index (χ3v) is 7.51. The van der Waals surface area contributed by atoms with Crippen molar-refractivity contribution >= 4 is 17.7 Å². The van der Waals surface area contributed by atoms with Crippen LogP contribution in [0.2, 0.25) is 0 Å². The summed E-state index contributed by atoms with van der Waals surface area (Å²) in [6, 6.07) is 10.4. The van der Waals surface area contributed by atoms with Gasteiger partial charge in [0.15, 0.2) is 0 Å². The van der Waals surface area contributed by atoms with Crippen LogP contribution in [0.3, 0.4) is 0 Å². The van der Waals surface area contributed by atoms with Crippen LogP contribution in [-0.2, 0) is 4.74 Å². The van der Waals surface area contributed by atoms with Crippen LogP contribution in [0.5, 0.6) is 0 Å². The zero-order valence-electron chi connectivity index (χ0n) is 17.7. The third kappa shape index (κ3) is 4.11. The summed E-state index contributed by atoms with van der Waals surface area (Å²) >= 11 is 1.99. The second-order valence-corrected chi connectivity index (χ2v) is 9.37. The Balaban J connectivity index is 1.52. The number of hydrogen-bond donors (Lipinski definition) is 1. The van der Waals surface area contributed by atoms with E-state index in [0.717, 1.165) is 66.9 Å². The highest BCUT2D eigenvalue weighted by molar-refractivity contribution is 7.99. The van der Waals surface area contributed by atoms with Crippen molar-refractivity contribution in [1.29, 1.82) is 0 Å². The zero-order valence-corrected chi connectivity index (χ0v) is 18.5. The summed E-state index contributed by atoms with van der Waals surface area (Å²) in [5.74, 6) is 2.27. The molecule has 6 heteroatoms. The number of rotatable bonds is 5. The van der Waals surface area contributed by atoms with Crippen molar-refractivity contribution in [3.8, 4) is 5.69 Å². The molecule has 0 bridgehead atoms. The molecule has 3 heterocycles. The summed E-state index contributed by atoms with van der Waals surface area (Å²) < 4.78 is 7.71. The number of ether oxygens (including phenoxy) is 1. The second-order valence-electron chi connectivity index (χ2n) is 8.27. The van der Waals surface area contributed by atoms with Crippen LogP contribution in [0.25, 0.3) is 5.69 Å². The average Bonchev–Trinajstić information content (AvgIpc) is 3.32. The van der Waals surface area contributed by atoms with Crippen LogP contribution in [-0.4, -0.2) is 65.3 Å². The van der Waals surface area contributed by atoms with E-state index in [9.17, 15) is 4.79 Å². The third-order valence-electron chi connectivity index (χ3n) is 6.28. The normalized spacial score (nSPS) is 22.7. The average molecular weight is 414 g/mol. The Morgan fingerprint density at radius 2 is 2.00 bits per heavy atom. The van der Waals surface area contributed by atoms with Crippen molar-refractivity contribution in [2.45, 2.75) is 32.7 Å². The predicted molar refractivity (Wildman–Crippen MR) is 119 cm³/mol. The summed E-state index contributed by atoms with van der Waals surface area (Å²) in [7, 11) is 0. The molecular formula is C23H31N3O2S. The number of carbonyl (C=O) groups is 1. The van der Waals surface area contributed by atoms with Crippen LogP contribution in [0.1, 0.15) is 33.7 Å². The largest absolute Gasteiger partial charge is 0.379 e. The first kappa shape index (κ1) is 20.5. The maximum atomic E-state index is 13.1. The van der Waals surface area contributed by atoms with Gasteiger partial charge in [0.05, 0.1) is 18.8 Å². The molecule has 29 heavy (non-hydrogen) atoms. The Morgan fingerprint density at radius 3 is 2.69 bits per heavy atom. The zero-order chi connectivity index (χ0) is 20.4. The number of carbonyl (C=O) groups excluding carboxylic acids is 1. The standard InChI is InChI=1S/C23H31N3O2S/c1-17-5-4-6-20(13-17)26-18(2)14-21(19(26)3)22(27)24-15-23(7-12-29-16-23)25-8-10-28-11-9-25/h4-6,13-14H,7-12,15-16H2,1-3H3,(H,24,27). The summed E-state index contributed by atoms with van der Waals surface area (Å²) in [6.45, 7) is 10.4. The number of hydrogen-bond acceptors (Lipinski definition) is 4. The Kier molecular flexibility index (Phi) is 6.04. The Labute approximate surface area is 177 Å². The molecule has 0 aliphatic carbocycles. The molecular weight excluding hydrogens is 382 g/mol. The molecule has 4 rings (SSSR count). The Bertz CT molecular complexity index is 880. The number of aryl methyl sites for hydroxylation is 2. The van der Waals surface area contributed by atoms with Crippen LogP contribution >= 0.6 is 11.8 Å². The molecule has 1 aromatic carbocycles. The quantitative estimate of drug-likeness (QED) is 0.817. The first-order valence-electron chi connectivity index (χ1n) is 10.4. The SMILES string of the molecule is Cc1cccc(-n2c(C)cc(C(=O)NCC3(N4CCOCC4)CCSC3)c2C)c1. The van der Waals surface area contributed by atoms with E-state index in [-0.39, 0.29) is 11.4 Å². The fourth-order valence-electron chi connectivity index (χ4n) is 4.63. The molecule has 1 aromatic heterocycles. The van der Waals surface area contributed by atoms with Crippen LogP contribution in [0.15, 0.2) is 30.3 Å². The fourth-order valence-corrected chi connectivity index (χ4v) is 6.11. The molecule has 2 aliphatic heterocycles. The van der Waals surface area contributed by atoms with E-state index in [1.807, 2.05) is 24.8 Å². The highest BCUT2D eigenvalue weighted by Gasteiger charge is 2.41. The van der Waals surface area contributed by atoms with Crippen molar-refractivity contribution in [2.24, 2.45) is 0 Å². The van der Waals surface area contributed by atoms with Gasteiger partial charge in [0.25, 0.3) is 5.91 Å². The van der Waals surface area contributed by atoms with Gasteiger partial charge < -0.3 is 14.6 Å². The Hall–Kier alpha value is -1.76. The predicted octanol–water partition coefficient (Wildman–Crippen LogP) is 3.34. The number of thioether (sulfide) groups is 1. The lowest BCUT2D eigenvalue weighted by Gasteiger charge is -2.43. The monoisotopic (exact) mass is 413 g/mol. The van der Waals surface area contributed by atoms with E-state index >= 15 is 0 Å². The van der Waals surface area contributed by atoms with Gasteiger partial charge in [-0.2, -0.15) is 11.8 Å². The van der Waals surface area contributed by atoms with Crippen molar-refractivity contribution in [2.75, 3.05) is 44.4 Å². The van der Waals surface area contributed by atoms with E-state index in [0.29, 0.717) is 6.54 Å². The van der Waals surface area contributed by atoms with Gasteiger partial charge in [0.1, 0.15) is 0 Å². The number of nitrogens with one attached hydrogen (secondary N) is 1. The van der Waals surface area contributed by atoms with Crippen molar-refractivity contribution in [3.63, 3.8) is 0 Å². The minimum atomic E-state index is 0.0292. The molecule has 0 spiro atoms. The number of amides is 1. The molecule has 0 radical (unpaired) electrons. The molecule has 156 valence electrons. The highest BCUT2D eigenvalue weighted by Crippen LogP contribution is 2.33. The lowest BCUT2D eigenvalue weighted by molar-refractivity contribution is -0.0129. The lowest BCUT2D eigenvalue weighted by atomic mass is 9.95. The molecule has 5 nitrogen and oxygen atoms in total. The van der Waals surface area contributed by atoms with Gasteiger partial charge in [-0.25, -0.2) is 0 Å². The summed E-state index contributed by atoms with van der Waals surface area (Å²) in [5, 5.41) is 3.28. The van der Waals surface area contributed by atoms with Gasteiger partial charge in [-0.3, -0.25) is 9.69 Å². The topological polar surface area (TPSA) is 46.5 Å². The lowest BCUT2D eigenvalue weighted by Crippen LogP contribution is -2.59. The summed E-state index contributed by atoms with van der Waals surface area (Å²) in [5.41, 5.74) is 5.23. The minimum Gasteiger partial charge on any atom is -0.379 e. The molecule has 1 unspecified atom stereocenters. The van der Waals surface area contributed by atoms with Gasteiger partial charge in [-0.1, -0.05) is 12.1 Å². The van der Waals surface area contributed by atoms with Crippen molar-refractivity contribution < 1.29 is 9.53 Å². The molecule has 1 amide bonds. The number of nitrogens with zero attached hydrogens (tertiary/aromatic N) is 2. The fraction of sp³-hybridized carbons (Fsp3) is 0.522. The van der Waals surface area contributed by atoms with E-state index in [2.05, 4.69) is 52.9 Å². The van der Waals surface area contributed by atoms with E-state index in [4.69, 9.17) is 4.74 Å². The van der Waals surface area contributed by atoms with Crippen LogP contribution < -0.4 is 5.32 Å². The summed E-state index contributed by atoms with van der Waals surface area (Å²) in [6.07, 6.45) is 1.13. The molecule has 2 aromatic rings. The number of morpholine rings is 1. The van der Waals surface area contributed by atoms with Gasteiger partial charge in [-0.05, 0) is 56.7 Å². The van der Waals surface area contributed by atoms with Gasteiger partial charge in [0, 0.05) is 48.0 Å². The number of benzene rings is 1. The smallest absolute Gasteiger partial charge is 0.253 e. The molecule has 2 fully saturated rings. The van der Waals surface area contributed by atoms with E-state index < -0.39 is 0 Å². The highest BCUT2D eigenvalue weighted by atomic mass is 32.2. The maximum absolute atomic E-state index is 13.1. The number of aromatic nitrogens is 1. The first-order chi connectivity index (χ1) is 14.0. The van der Waals surface area contributed by atoms with Crippen molar-refractivity contribution in [3.05, 3.63) is 52.8 Å². The molecule has 2 saturated heterocycles. The van der Waals surface area contributed by atoms with Crippen LogP contribution in [0, 0.1) is 20.8 Å². The van der Waals surface area contributed by atoms with Gasteiger partial charge in [0.2, 0.25) is 0 Å². The molecule has 1 N–H and O–H groups in total. The summed E-state index contributed by atoms with van der Waals surface area (Å²) in [4.78, 5) is 15.7. The van der Waals surface area contributed by atoms with Gasteiger partial charge >= 0.3 is 0 Å². The molecule has 1 atom stereocenters. The minimum absolute atomic E-state index is 0.0292. The maximum Gasteiger partial charge on any atom is 0.253 e.